The van der Waals surface area contributed by atoms with Gasteiger partial charge in [-0.2, -0.15) is 0 Å². The third kappa shape index (κ3) is 2.68. The second kappa shape index (κ2) is 5.27. The van der Waals surface area contributed by atoms with Gasteiger partial charge in [-0.1, -0.05) is 42.5 Å². The summed E-state index contributed by atoms with van der Waals surface area (Å²) in [5.74, 6) is 0.0324. The van der Waals surface area contributed by atoms with Gasteiger partial charge in [0.2, 0.25) is 0 Å². The number of hydrogen-bond acceptors (Lipinski definition) is 1. The Morgan fingerprint density at radius 2 is 1.63 bits per heavy atom. The van der Waals surface area contributed by atoms with Crippen LogP contribution in [0.5, 0.6) is 0 Å². The van der Waals surface area contributed by atoms with Crippen LogP contribution in [0.25, 0.3) is 0 Å². The van der Waals surface area contributed by atoms with E-state index in [-0.39, 0.29) is 11.9 Å². The molecular formula is C17H17NO. The molecule has 1 amide bonds. The quantitative estimate of drug-likeness (QED) is 0.873. The minimum atomic E-state index is 0.0324. The summed E-state index contributed by atoms with van der Waals surface area (Å²) >= 11 is 0. The third-order valence-corrected chi connectivity index (χ3v) is 3.72. The van der Waals surface area contributed by atoms with Crippen molar-refractivity contribution in [3.8, 4) is 0 Å². The van der Waals surface area contributed by atoms with Crippen molar-refractivity contribution in [1.29, 1.82) is 0 Å². The fourth-order valence-electron chi connectivity index (χ4n) is 2.68. The van der Waals surface area contributed by atoms with Gasteiger partial charge in [0.05, 0.1) is 0 Å². The predicted octanol–water partition coefficient (Wildman–Crippen LogP) is 2.97. The van der Waals surface area contributed by atoms with Gasteiger partial charge in [-0.3, -0.25) is 4.79 Å². The maximum atomic E-state index is 12.1. The fraction of sp³-hybridized carbons (Fsp3) is 0.235. The van der Waals surface area contributed by atoms with Gasteiger partial charge >= 0.3 is 0 Å². The van der Waals surface area contributed by atoms with E-state index in [1.54, 1.807) is 0 Å². The zero-order chi connectivity index (χ0) is 13.1. The van der Waals surface area contributed by atoms with Crippen molar-refractivity contribution in [3.63, 3.8) is 0 Å². The van der Waals surface area contributed by atoms with Crippen LogP contribution in [0.3, 0.4) is 0 Å². The molecule has 1 unspecified atom stereocenters. The summed E-state index contributed by atoms with van der Waals surface area (Å²) in [6.07, 6.45) is 3.01. The van der Waals surface area contributed by atoms with Gasteiger partial charge in [0.15, 0.2) is 0 Å². The Morgan fingerprint density at radius 3 is 2.42 bits per heavy atom. The predicted molar refractivity (Wildman–Crippen MR) is 76.2 cm³/mol. The number of fused-ring (bicyclic) bond motifs is 1. The van der Waals surface area contributed by atoms with Gasteiger partial charge in [0.25, 0.3) is 5.91 Å². The molecule has 0 bridgehead atoms. The van der Waals surface area contributed by atoms with Gasteiger partial charge in [-0.15, -0.1) is 0 Å². The van der Waals surface area contributed by atoms with Gasteiger partial charge < -0.3 is 5.32 Å². The molecule has 96 valence electrons. The molecule has 3 rings (SSSR count). The smallest absolute Gasteiger partial charge is 0.251 e. The molecule has 0 heterocycles. The van der Waals surface area contributed by atoms with Gasteiger partial charge in [-0.25, -0.2) is 0 Å². The van der Waals surface area contributed by atoms with Crippen LogP contribution in [0.2, 0.25) is 0 Å². The second-order valence-corrected chi connectivity index (χ2v) is 5.05. The summed E-state index contributed by atoms with van der Waals surface area (Å²) in [5, 5.41) is 3.14. The lowest BCUT2D eigenvalue weighted by Gasteiger charge is -2.25. The first kappa shape index (κ1) is 12.0. The molecular weight excluding hydrogens is 234 g/mol. The summed E-state index contributed by atoms with van der Waals surface area (Å²) in [7, 11) is 0. The van der Waals surface area contributed by atoms with Crippen molar-refractivity contribution in [2.75, 3.05) is 0 Å². The maximum Gasteiger partial charge on any atom is 0.251 e. The van der Waals surface area contributed by atoms with Crippen LogP contribution in [0.4, 0.5) is 0 Å². The van der Waals surface area contributed by atoms with Crippen molar-refractivity contribution in [2.24, 2.45) is 0 Å². The average molecular weight is 251 g/mol. The summed E-state index contributed by atoms with van der Waals surface area (Å²) in [5.41, 5.74) is 3.53. The van der Waals surface area contributed by atoms with Crippen molar-refractivity contribution < 1.29 is 4.79 Å². The Kier molecular flexibility index (Phi) is 3.32. The monoisotopic (exact) mass is 251 g/mol. The minimum Gasteiger partial charge on any atom is -0.349 e. The maximum absolute atomic E-state index is 12.1. The molecule has 2 nitrogen and oxygen atoms in total. The number of carbonyl (C=O) groups is 1. The molecule has 19 heavy (non-hydrogen) atoms. The number of carbonyl (C=O) groups excluding carboxylic acids is 1. The molecule has 0 aromatic heterocycles. The molecule has 0 saturated heterocycles. The molecule has 1 aliphatic rings. The summed E-state index contributed by atoms with van der Waals surface area (Å²) < 4.78 is 0. The zero-order valence-electron chi connectivity index (χ0n) is 10.8. The Bertz CT molecular complexity index is 577. The highest BCUT2D eigenvalue weighted by molar-refractivity contribution is 5.94. The van der Waals surface area contributed by atoms with E-state index in [4.69, 9.17) is 0 Å². The minimum absolute atomic E-state index is 0.0324. The SMILES string of the molecule is O=C(NC1CCc2ccccc2C1)c1ccccc1. The van der Waals surface area contributed by atoms with Crippen LogP contribution in [0, 0.1) is 0 Å². The molecule has 0 spiro atoms. The van der Waals surface area contributed by atoms with E-state index in [9.17, 15) is 4.79 Å². The van der Waals surface area contributed by atoms with E-state index in [0.717, 1.165) is 24.8 Å². The summed E-state index contributed by atoms with van der Waals surface area (Å²) in [6, 6.07) is 18.2. The first-order valence-electron chi connectivity index (χ1n) is 6.75. The van der Waals surface area contributed by atoms with Crippen molar-refractivity contribution in [2.45, 2.75) is 25.3 Å². The molecule has 0 fully saturated rings. The lowest BCUT2D eigenvalue weighted by Crippen LogP contribution is -2.38. The molecule has 1 aliphatic carbocycles. The van der Waals surface area contributed by atoms with Gasteiger partial charge in [0, 0.05) is 11.6 Å². The lowest BCUT2D eigenvalue weighted by molar-refractivity contribution is 0.0933. The highest BCUT2D eigenvalue weighted by Crippen LogP contribution is 2.21. The van der Waals surface area contributed by atoms with E-state index in [0.29, 0.717) is 0 Å². The largest absolute Gasteiger partial charge is 0.349 e. The van der Waals surface area contributed by atoms with Gasteiger partial charge in [-0.05, 0) is 42.5 Å². The highest BCUT2D eigenvalue weighted by atomic mass is 16.1. The molecule has 1 atom stereocenters. The summed E-state index contributed by atoms with van der Waals surface area (Å²) in [6.45, 7) is 0. The van der Waals surface area contributed by atoms with E-state index in [1.807, 2.05) is 30.3 Å². The van der Waals surface area contributed by atoms with E-state index in [1.165, 1.54) is 11.1 Å². The van der Waals surface area contributed by atoms with Crippen LogP contribution in [-0.4, -0.2) is 11.9 Å². The normalized spacial score (nSPS) is 17.6. The van der Waals surface area contributed by atoms with Crippen molar-refractivity contribution >= 4 is 5.91 Å². The highest BCUT2D eigenvalue weighted by Gasteiger charge is 2.20. The standard InChI is InChI=1S/C17H17NO/c19-17(14-7-2-1-3-8-14)18-16-11-10-13-6-4-5-9-15(13)12-16/h1-9,16H,10-12H2,(H,18,19). The Labute approximate surface area is 113 Å². The molecule has 0 radical (unpaired) electrons. The molecule has 0 saturated carbocycles. The number of nitrogens with one attached hydrogen (secondary N) is 1. The topological polar surface area (TPSA) is 29.1 Å². The number of amides is 1. The van der Waals surface area contributed by atoms with Gasteiger partial charge in [0.1, 0.15) is 0 Å². The number of benzene rings is 2. The number of rotatable bonds is 2. The Morgan fingerprint density at radius 1 is 0.947 bits per heavy atom. The van der Waals surface area contributed by atoms with E-state index >= 15 is 0 Å². The van der Waals surface area contributed by atoms with Crippen LogP contribution in [0.15, 0.2) is 54.6 Å². The van der Waals surface area contributed by atoms with Crippen LogP contribution in [-0.2, 0) is 12.8 Å². The lowest BCUT2D eigenvalue weighted by atomic mass is 9.88. The molecule has 1 N–H and O–H groups in total. The first-order chi connectivity index (χ1) is 9.33. The van der Waals surface area contributed by atoms with Crippen LogP contribution >= 0.6 is 0 Å². The van der Waals surface area contributed by atoms with Crippen LogP contribution < -0.4 is 5.32 Å². The average Bonchev–Trinajstić information content (AvgIpc) is 2.48. The first-order valence-corrected chi connectivity index (χ1v) is 6.75. The molecule has 0 aliphatic heterocycles. The number of aryl methyl sites for hydroxylation is 1. The number of hydrogen-bond donors (Lipinski definition) is 1. The Balaban J connectivity index is 1.68. The van der Waals surface area contributed by atoms with Crippen LogP contribution in [0.1, 0.15) is 27.9 Å². The zero-order valence-corrected chi connectivity index (χ0v) is 10.8. The van der Waals surface area contributed by atoms with E-state index in [2.05, 4.69) is 29.6 Å². The fourth-order valence-corrected chi connectivity index (χ4v) is 2.68. The second-order valence-electron chi connectivity index (χ2n) is 5.05. The van der Waals surface area contributed by atoms with Crippen molar-refractivity contribution in [1.82, 2.24) is 5.32 Å². The van der Waals surface area contributed by atoms with E-state index < -0.39 is 0 Å². The third-order valence-electron chi connectivity index (χ3n) is 3.72. The van der Waals surface area contributed by atoms with Crippen molar-refractivity contribution in [3.05, 3.63) is 71.3 Å². The Hall–Kier alpha value is -2.09. The molecule has 2 aromatic carbocycles. The molecule has 2 heteroatoms. The summed E-state index contributed by atoms with van der Waals surface area (Å²) in [4.78, 5) is 12.1. The molecule has 2 aromatic rings.